The fourth-order valence-electron chi connectivity index (χ4n) is 4.44. The molecule has 1 aromatic carbocycles. The molecule has 4 nitrogen and oxygen atoms in total. The molecule has 3 rings (SSSR count). The maximum Gasteiger partial charge on any atom is 0.0687 e. The van der Waals surface area contributed by atoms with E-state index in [0.29, 0.717) is 12.1 Å². The number of hydrogen-bond acceptors (Lipinski definition) is 3. The first kappa shape index (κ1) is 21.2. The quantitative estimate of drug-likeness (QED) is 0.465. The Bertz CT molecular complexity index is 700. The van der Waals surface area contributed by atoms with E-state index >= 15 is 0 Å². The summed E-state index contributed by atoms with van der Waals surface area (Å²) in [6, 6.07) is 7.83. The molecular weight excluding hydrogens is 344 g/mol. The highest BCUT2D eigenvalue weighted by Crippen LogP contribution is 2.27. The van der Waals surface area contributed by atoms with Crippen molar-refractivity contribution in [2.45, 2.75) is 90.1 Å². The van der Waals surface area contributed by atoms with Crippen LogP contribution in [-0.2, 0) is 0 Å². The zero-order valence-electron chi connectivity index (χ0n) is 18.3. The summed E-state index contributed by atoms with van der Waals surface area (Å²) in [5.41, 5.74) is 2.51. The molecule has 2 heterocycles. The van der Waals surface area contributed by atoms with Gasteiger partial charge in [0.1, 0.15) is 0 Å². The first-order valence-electron chi connectivity index (χ1n) is 11.6. The van der Waals surface area contributed by atoms with Gasteiger partial charge in [0.25, 0.3) is 0 Å². The van der Waals surface area contributed by atoms with Gasteiger partial charge in [-0.1, -0.05) is 51.9 Å². The number of aromatic nitrogens is 2. The fraction of sp³-hybridized carbons (Fsp3) is 0.708. The van der Waals surface area contributed by atoms with Crippen LogP contribution in [0.2, 0.25) is 0 Å². The smallest absolute Gasteiger partial charge is 0.0687 e. The molecule has 28 heavy (non-hydrogen) atoms. The van der Waals surface area contributed by atoms with Crippen molar-refractivity contribution in [3.8, 4) is 0 Å². The highest BCUT2D eigenvalue weighted by Gasteiger charge is 2.20. The SMILES string of the molecule is CCCCCCCCCC(C)Nc1ccc2c(cnn2C2CCN(C)CC2)c1. The molecule has 0 saturated carbocycles. The van der Waals surface area contributed by atoms with E-state index in [1.165, 1.54) is 93.9 Å². The van der Waals surface area contributed by atoms with Crippen LogP contribution in [0.15, 0.2) is 24.4 Å². The first-order chi connectivity index (χ1) is 13.7. The zero-order chi connectivity index (χ0) is 19.8. The normalized spacial score (nSPS) is 17.2. The number of benzene rings is 1. The van der Waals surface area contributed by atoms with Gasteiger partial charge in [0.2, 0.25) is 0 Å². The van der Waals surface area contributed by atoms with Crippen LogP contribution < -0.4 is 5.32 Å². The average Bonchev–Trinajstić information content (AvgIpc) is 3.11. The van der Waals surface area contributed by atoms with E-state index in [9.17, 15) is 0 Å². The van der Waals surface area contributed by atoms with Gasteiger partial charge in [0.05, 0.1) is 17.8 Å². The van der Waals surface area contributed by atoms with Crippen molar-refractivity contribution in [1.82, 2.24) is 14.7 Å². The third kappa shape index (κ3) is 5.97. The van der Waals surface area contributed by atoms with Gasteiger partial charge in [-0.05, 0) is 64.5 Å². The van der Waals surface area contributed by atoms with Crippen LogP contribution in [0.1, 0.15) is 84.1 Å². The maximum absolute atomic E-state index is 4.73. The number of fused-ring (bicyclic) bond motifs is 1. The predicted octanol–water partition coefficient (Wildman–Crippen LogP) is 6.24. The molecule has 1 N–H and O–H groups in total. The molecular formula is C24H40N4. The second-order valence-electron chi connectivity index (χ2n) is 8.85. The van der Waals surface area contributed by atoms with E-state index in [4.69, 9.17) is 5.10 Å². The van der Waals surface area contributed by atoms with E-state index in [2.05, 4.69) is 54.0 Å². The molecule has 4 heteroatoms. The van der Waals surface area contributed by atoms with Crippen molar-refractivity contribution < 1.29 is 0 Å². The minimum absolute atomic E-state index is 0.525. The van der Waals surface area contributed by atoms with Crippen LogP contribution in [0.3, 0.4) is 0 Å². The molecule has 0 amide bonds. The second-order valence-corrected chi connectivity index (χ2v) is 8.85. The van der Waals surface area contributed by atoms with Crippen LogP contribution in [0, 0.1) is 0 Å². The highest BCUT2D eigenvalue weighted by molar-refractivity contribution is 5.82. The Balaban J connectivity index is 1.46. The standard InChI is InChI=1S/C24H40N4/c1-4-5-6-7-8-9-10-11-20(2)26-22-12-13-24-21(18-22)19-25-28(24)23-14-16-27(3)17-15-23/h12-13,18-20,23,26H,4-11,14-17H2,1-3H3. The van der Waals surface area contributed by atoms with E-state index in [-0.39, 0.29) is 0 Å². The van der Waals surface area contributed by atoms with Crippen LogP contribution >= 0.6 is 0 Å². The monoisotopic (exact) mass is 384 g/mol. The van der Waals surface area contributed by atoms with E-state index in [0.717, 1.165) is 0 Å². The summed E-state index contributed by atoms with van der Waals surface area (Å²) in [5.74, 6) is 0. The summed E-state index contributed by atoms with van der Waals surface area (Å²) in [4.78, 5) is 2.41. The number of nitrogens with one attached hydrogen (secondary N) is 1. The van der Waals surface area contributed by atoms with E-state index in [1.807, 2.05) is 6.20 Å². The molecule has 0 bridgehead atoms. The molecule has 0 radical (unpaired) electrons. The molecule has 156 valence electrons. The number of unbranched alkanes of at least 4 members (excludes halogenated alkanes) is 6. The lowest BCUT2D eigenvalue weighted by Crippen LogP contribution is -2.31. The Morgan fingerprint density at radius 2 is 1.79 bits per heavy atom. The minimum atomic E-state index is 0.525. The Kier molecular flexibility index (Phi) is 8.20. The van der Waals surface area contributed by atoms with Crippen molar-refractivity contribution in [2.24, 2.45) is 0 Å². The lowest BCUT2D eigenvalue weighted by Gasteiger charge is -2.29. The van der Waals surface area contributed by atoms with Gasteiger partial charge in [-0.15, -0.1) is 0 Å². The lowest BCUT2D eigenvalue weighted by molar-refractivity contribution is 0.215. The fourth-order valence-corrected chi connectivity index (χ4v) is 4.44. The Morgan fingerprint density at radius 1 is 1.07 bits per heavy atom. The molecule has 1 atom stereocenters. The van der Waals surface area contributed by atoms with Gasteiger partial charge in [-0.2, -0.15) is 5.10 Å². The number of piperidine rings is 1. The third-order valence-corrected chi connectivity index (χ3v) is 6.28. The molecule has 0 aliphatic carbocycles. The number of nitrogens with zero attached hydrogens (tertiary/aromatic N) is 3. The van der Waals surface area contributed by atoms with Crippen LogP contribution in [0.4, 0.5) is 5.69 Å². The van der Waals surface area contributed by atoms with Gasteiger partial charge in [-0.25, -0.2) is 0 Å². The Labute approximate surface area is 171 Å². The van der Waals surface area contributed by atoms with Crippen molar-refractivity contribution in [2.75, 3.05) is 25.5 Å². The minimum Gasteiger partial charge on any atom is -0.383 e. The summed E-state index contributed by atoms with van der Waals surface area (Å²) >= 11 is 0. The Hall–Kier alpha value is -1.55. The largest absolute Gasteiger partial charge is 0.383 e. The molecule has 0 spiro atoms. The molecule has 1 unspecified atom stereocenters. The third-order valence-electron chi connectivity index (χ3n) is 6.28. The molecule has 1 saturated heterocycles. The van der Waals surface area contributed by atoms with Crippen LogP contribution in [-0.4, -0.2) is 40.9 Å². The second kappa shape index (κ2) is 10.8. The van der Waals surface area contributed by atoms with Gasteiger partial charge in [0, 0.05) is 17.1 Å². The van der Waals surface area contributed by atoms with E-state index in [1.54, 1.807) is 0 Å². The van der Waals surface area contributed by atoms with Gasteiger partial charge in [0.15, 0.2) is 0 Å². The van der Waals surface area contributed by atoms with Gasteiger partial charge >= 0.3 is 0 Å². The average molecular weight is 385 g/mol. The first-order valence-corrected chi connectivity index (χ1v) is 11.6. The topological polar surface area (TPSA) is 33.1 Å². The summed E-state index contributed by atoms with van der Waals surface area (Å²) < 4.78 is 2.26. The number of rotatable bonds is 11. The number of likely N-dealkylation sites (tertiary alicyclic amines) is 1. The van der Waals surface area contributed by atoms with Crippen LogP contribution in [0.25, 0.3) is 10.9 Å². The number of anilines is 1. The Morgan fingerprint density at radius 3 is 2.54 bits per heavy atom. The number of hydrogen-bond donors (Lipinski definition) is 1. The van der Waals surface area contributed by atoms with Crippen LogP contribution in [0.5, 0.6) is 0 Å². The lowest BCUT2D eigenvalue weighted by atomic mass is 10.1. The van der Waals surface area contributed by atoms with Gasteiger partial charge in [-0.3, -0.25) is 4.68 Å². The van der Waals surface area contributed by atoms with Crippen molar-refractivity contribution in [3.05, 3.63) is 24.4 Å². The molecule has 1 fully saturated rings. The molecule has 1 aliphatic rings. The predicted molar refractivity (Wildman–Crippen MR) is 121 cm³/mol. The summed E-state index contributed by atoms with van der Waals surface area (Å²) in [6.07, 6.45) is 15.3. The van der Waals surface area contributed by atoms with Gasteiger partial charge < -0.3 is 10.2 Å². The van der Waals surface area contributed by atoms with Crippen molar-refractivity contribution >= 4 is 16.6 Å². The van der Waals surface area contributed by atoms with E-state index < -0.39 is 0 Å². The van der Waals surface area contributed by atoms with Crippen molar-refractivity contribution in [3.63, 3.8) is 0 Å². The molecule has 2 aromatic rings. The maximum atomic E-state index is 4.73. The highest BCUT2D eigenvalue weighted by atomic mass is 15.3. The van der Waals surface area contributed by atoms with Crippen molar-refractivity contribution in [1.29, 1.82) is 0 Å². The zero-order valence-corrected chi connectivity index (χ0v) is 18.3. The summed E-state index contributed by atoms with van der Waals surface area (Å²) in [6.45, 7) is 6.93. The molecule has 1 aromatic heterocycles. The summed E-state index contributed by atoms with van der Waals surface area (Å²) in [5, 5.41) is 9.68. The summed E-state index contributed by atoms with van der Waals surface area (Å²) in [7, 11) is 2.21. The molecule has 1 aliphatic heterocycles.